The van der Waals surface area contributed by atoms with Crippen LogP contribution in [0.25, 0.3) is 0 Å². The lowest BCUT2D eigenvalue weighted by Gasteiger charge is -2.39. The van der Waals surface area contributed by atoms with Gasteiger partial charge in [0.15, 0.2) is 0 Å². The highest BCUT2D eigenvalue weighted by Gasteiger charge is 2.38. The molecule has 2 aliphatic heterocycles. The van der Waals surface area contributed by atoms with E-state index in [0.29, 0.717) is 13.1 Å². The van der Waals surface area contributed by atoms with E-state index >= 15 is 0 Å². The zero-order valence-corrected chi connectivity index (χ0v) is 10.8. The van der Waals surface area contributed by atoms with Crippen molar-refractivity contribution < 1.29 is 19.4 Å². The average Bonchev–Trinajstić information content (AvgIpc) is 2.65. The van der Waals surface area contributed by atoms with Crippen molar-refractivity contribution in [2.45, 2.75) is 19.4 Å². The van der Waals surface area contributed by atoms with Crippen molar-refractivity contribution >= 4 is 11.9 Å². The summed E-state index contributed by atoms with van der Waals surface area (Å²) in [5.41, 5.74) is -0.243. The molecule has 2 fully saturated rings. The third kappa shape index (κ3) is 2.64. The fraction of sp³-hybridized carbons (Fsp3) is 0.833. The molecule has 0 bridgehead atoms. The van der Waals surface area contributed by atoms with Gasteiger partial charge in [0.05, 0.1) is 11.5 Å². The Morgan fingerprint density at radius 3 is 2.56 bits per heavy atom. The molecule has 0 aromatic carbocycles. The van der Waals surface area contributed by atoms with Gasteiger partial charge in [-0.05, 0) is 12.8 Å². The quantitative estimate of drug-likeness (QED) is 0.712. The van der Waals surface area contributed by atoms with Crippen molar-refractivity contribution in [1.29, 1.82) is 0 Å². The number of nitrogens with one attached hydrogen (secondary N) is 1. The van der Waals surface area contributed by atoms with Crippen LogP contribution in [0.3, 0.4) is 0 Å². The second-order valence-corrected chi connectivity index (χ2v) is 5.56. The molecule has 6 nitrogen and oxygen atoms in total. The zero-order valence-electron chi connectivity index (χ0n) is 10.8. The van der Waals surface area contributed by atoms with Crippen LogP contribution in [-0.4, -0.2) is 60.3 Å². The minimum Gasteiger partial charge on any atom is -0.481 e. The van der Waals surface area contributed by atoms with Crippen molar-refractivity contribution in [3.63, 3.8) is 0 Å². The summed E-state index contributed by atoms with van der Waals surface area (Å²) >= 11 is 0. The number of aliphatic carboxylic acids is 1. The molecule has 2 aliphatic rings. The number of amides is 1. The Morgan fingerprint density at radius 2 is 2.11 bits per heavy atom. The van der Waals surface area contributed by atoms with E-state index in [-0.39, 0.29) is 24.0 Å². The molecule has 102 valence electrons. The molecule has 1 amide bonds. The summed E-state index contributed by atoms with van der Waals surface area (Å²) in [5.74, 6) is -1.38. The van der Waals surface area contributed by atoms with Crippen LogP contribution in [0.4, 0.5) is 0 Å². The third-order valence-corrected chi connectivity index (χ3v) is 3.82. The van der Waals surface area contributed by atoms with Gasteiger partial charge in [0.2, 0.25) is 5.91 Å². The second-order valence-electron chi connectivity index (χ2n) is 5.56. The highest BCUT2D eigenvalue weighted by atomic mass is 16.5. The van der Waals surface area contributed by atoms with Gasteiger partial charge in [0.25, 0.3) is 0 Å². The molecule has 2 rings (SSSR count). The molecule has 2 heterocycles. The second kappa shape index (κ2) is 4.85. The van der Waals surface area contributed by atoms with Crippen molar-refractivity contribution in [2.24, 2.45) is 11.8 Å². The van der Waals surface area contributed by atoms with Crippen molar-refractivity contribution in [1.82, 2.24) is 10.2 Å². The van der Waals surface area contributed by atoms with E-state index < -0.39 is 11.9 Å². The lowest BCUT2D eigenvalue weighted by atomic mass is 9.99. The highest BCUT2D eigenvalue weighted by molar-refractivity contribution is 5.80. The third-order valence-electron chi connectivity index (χ3n) is 3.82. The van der Waals surface area contributed by atoms with Crippen LogP contribution < -0.4 is 5.32 Å². The molecule has 0 aromatic rings. The topological polar surface area (TPSA) is 78.9 Å². The number of likely N-dealkylation sites (tertiary alicyclic amines) is 1. The predicted molar refractivity (Wildman–Crippen MR) is 64.1 cm³/mol. The van der Waals surface area contributed by atoms with Crippen LogP contribution in [0.2, 0.25) is 0 Å². The maximum atomic E-state index is 11.9. The SMILES string of the molecule is C[C@@H]1CN(C(=O)COC2(C)CNC2)C[C@H]1C(=O)O. The number of carboxylic acid groups (broad SMARTS) is 1. The molecule has 0 spiro atoms. The van der Waals surface area contributed by atoms with Crippen LogP contribution >= 0.6 is 0 Å². The summed E-state index contributed by atoms with van der Waals surface area (Å²) < 4.78 is 5.57. The smallest absolute Gasteiger partial charge is 0.308 e. The van der Waals surface area contributed by atoms with E-state index in [9.17, 15) is 9.59 Å². The molecule has 0 saturated carbocycles. The van der Waals surface area contributed by atoms with Gasteiger partial charge < -0.3 is 20.1 Å². The minimum atomic E-state index is -0.825. The maximum Gasteiger partial charge on any atom is 0.308 e. The van der Waals surface area contributed by atoms with Crippen LogP contribution in [0.1, 0.15) is 13.8 Å². The Kier molecular flexibility index (Phi) is 3.59. The van der Waals surface area contributed by atoms with Crippen LogP contribution in [0.5, 0.6) is 0 Å². The van der Waals surface area contributed by atoms with Gasteiger partial charge in [-0.2, -0.15) is 0 Å². The fourth-order valence-corrected chi connectivity index (χ4v) is 2.40. The van der Waals surface area contributed by atoms with Gasteiger partial charge in [-0.3, -0.25) is 9.59 Å². The van der Waals surface area contributed by atoms with Gasteiger partial charge >= 0.3 is 5.97 Å². The highest BCUT2D eigenvalue weighted by Crippen LogP contribution is 2.23. The normalized spacial score (nSPS) is 30.0. The summed E-state index contributed by atoms with van der Waals surface area (Å²) in [4.78, 5) is 24.5. The molecule has 18 heavy (non-hydrogen) atoms. The Hall–Kier alpha value is -1.14. The van der Waals surface area contributed by atoms with E-state index in [4.69, 9.17) is 9.84 Å². The van der Waals surface area contributed by atoms with E-state index in [1.807, 2.05) is 13.8 Å². The number of hydrogen-bond acceptors (Lipinski definition) is 4. The summed E-state index contributed by atoms with van der Waals surface area (Å²) in [7, 11) is 0. The summed E-state index contributed by atoms with van der Waals surface area (Å²) in [5, 5.41) is 12.1. The first-order chi connectivity index (χ1) is 8.41. The number of rotatable bonds is 4. The number of carboxylic acids is 1. The Morgan fingerprint density at radius 1 is 1.44 bits per heavy atom. The van der Waals surface area contributed by atoms with E-state index in [1.165, 1.54) is 0 Å². The Labute approximate surface area is 106 Å². The molecule has 0 unspecified atom stereocenters. The molecule has 0 aliphatic carbocycles. The molecule has 2 atom stereocenters. The standard InChI is InChI=1S/C12H20N2O4/c1-8-3-14(4-9(8)11(16)17)10(15)5-18-12(2)6-13-7-12/h8-9,13H,3-7H2,1-2H3,(H,16,17)/t8-,9-/m1/s1. The van der Waals surface area contributed by atoms with E-state index in [0.717, 1.165) is 13.1 Å². The first-order valence-electron chi connectivity index (χ1n) is 6.26. The predicted octanol–water partition coefficient (Wildman–Crippen LogP) is -0.456. The summed E-state index contributed by atoms with van der Waals surface area (Å²) in [6.07, 6.45) is 0. The molecule has 0 aromatic heterocycles. The van der Waals surface area contributed by atoms with Crippen LogP contribution in [0.15, 0.2) is 0 Å². The number of nitrogens with zero attached hydrogens (tertiary/aromatic N) is 1. The van der Waals surface area contributed by atoms with Gasteiger partial charge in [-0.15, -0.1) is 0 Å². The number of ether oxygens (including phenoxy) is 1. The molecule has 2 saturated heterocycles. The monoisotopic (exact) mass is 256 g/mol. The minimum absolute atomic E-state index is 0.00686. The Bertz CT molecular complexity index is 354. The molecular weight excluding hydrogens is 236 g/mol. The molecular formula is C12H20N2O4. The Balaban J connectivity index is 1.81. The lowest BCUT2D eigenvalue weighted by Crippen LogP contribution is -2.59. The largest absolute Gasteiger partial charge is 0.481 e. The first-order valence-corrected chi connectivity index (χ1v) is 6.26. The van der Waals surface area contributed by atoms with Crippen molar-refractivity contribution in [3.8, 4) is 0 Å². The van der Waals surface area contributed by atoms with Gasteiger partial charge in [-0.25, -0.2) is 0 Å². The molecule has 0 radical (unpaired) electrons. The summed E-state index contributed by atoms with van der Waals surface area (Å²) in [6.45, 7) is 6.19. The van der Waals surface area contributed by atoms with Gasteiger partial charge in [-0.1, -0.05) is 6.92 Å². The molecule has 2 N–H and O–H groups in total. The van der Waals surface area contributed by atoms with Crippen LogP contribution in [-0.2, 0) is 14.3 Å². The zero-order chi connectivity index (χ0) is 13.3. The van der Waals surface area contributed by atoms with Crippen molar-refractivity contribution in [2.75, 3.05) is 32.8 Å². The van der Waals surface area contributed by atoms with Gasteiger partial charge in [0, 0.05) is 26.2 Å². The first kappa shape index (κ1) is 13.3. The molecule has 6 heteroatoms. The maximum absolute atomic E-state index is 11.9. The average molecular weight is 256 g/mol. The lowest BCUT2D eigenvalue weighted by molar-refractivity contribution is -0.146. The number of carbonyl (C=O) groups excluding carboxylic acids is 1. The van der Waals surface area contributed by atoms with Gasteiger partial charge in [0.1, 0.15) is 6.61 Å². The number of hydrogen-bond donors (Lipinski definition) is 2. The number of carbonyl (C=O) groups is 2. The van der Waals surface area contributed by atoms with E-state index in [1.54, 1.807) is 4.90 Å². The summed E-state index contributed by atoms with van der Waals surface area (Å²) in [6, 6.07) is 0. The fourth-order valence-electron chi connectivity index (χ4n) is 2.40. The van der Waals surface area contributed by atoms with Crippen LogP contribution in [0, 0.1) is 11.8 Å². The van der Waals surface area contributed by atoms with E-state index in [2.05, 4.69) is 5.32 Å². The van der Waals surface area contributed by atoms with Crippen molar-refractivity contribution in [3.05, 3.63) is 0 Å².